The molecule has 3 heterocycles. The zero-order valence-corrected chi connectivity index (χ0v) is 17.5. The molecule has 0 bridgehead atoms. The van der Waals surface area contributed by atoms with Crippen molar-refractivity contribution in [2.75, 3.05) is 13.1 Å². The molecular weight excluding hydrogens is 405 g/mol. The van der Waals surface area contributed by atoms with Crippen LogP contribution in [0, 0.1) is 10.7 Å². The van der Waals surface area contributed by atoms with E-state index in [1.54, 1.807) is 23.0 Å². The SMILES string of the molecule is Cn1ncc(CN=O)c1C1CC=C(C(=O)N[C@@H]2CNCC[C@H]2c2cccc(F)c2)S1. The third kappa shape index (κ3) is 4.32. The molecule has 1 aromatic carbocycles. The van der Waals surface area contributed by atoms with Crippen molar-refractivity contribution in [2.24, 2.45) is 12.2 Å². The molecule has 2 N–H and O–H groups in total. The van der Waals surface area contributed by atoms with Crippen molar-refractivity contribution < 1.29 is 9.18 Å². The fourth-order valence-electron chi connectivity index (χ4n) is 4.26. The third-order valence-corrected chi connectivity index (χ3v) is 7.00. The van der Waals surface area contributed by atoms with Gasteiger partial charge in [0.2, 0.25) is 0 Å². The zero-order valence-electron chi connectivity index (χ0n) is 16.7. The standard InChI is InChI=1S/C21H24FN5O2S/c1-27-20(14(10-24-27)11-25-29)18-5-6-19(30-18)21(28)26-17-12-23-8-7-16(17)13-3-2-4-15(22)9-13/h2-4,6,9-10,16-18,23H,5,7-8,11-12H2,1H3,(H,26,28)/t16-,17+,18?/m0/s1. The van der Waals surface area contributed by atoms with E-state index in [1.165, 1.54) is 17.8 Å². The second-order valence-electron chi connectivity index (χ2n) is 7.61. The summed E-state index contributed by atoms with van der Waals surface area (Å²) in [5, 5.41) is 13.7. The number of allylic oxidation sites excluding steroid dienone is 1. The summed E-state index contributed by atoms with van der Waals surface area (Å²) in [5.41, 5.74) is 2.63. The number of aryl methyl sites for hydroxylation is 1. The molecule has 7 nitrogen and oxygen atoms in total. The molecule has 30 heavy (non-hydrogen) atoms. The Kier molecular flexibility index (Phi) is 6.29. The highest BCUT2D eigenvalue weighted by atomic mass is 32.2. The van der Waals surface area contributed by atoms with Crippen LogP contribution < -0.4 is 10.6 Å². The van der Waals surface area contributed by atoms with Crippen molar-refractivity contribution in [3.05, 3.63) is 69.0 Å². The van der Waals surface area contributed by atoms with Crippen LogP contribution in [-0.4, -0.2) is 34.8 Å². The quantitative estimate of drug-likeness (QED) is 0.689. The van der Waals surface area contributed by atoms with Gasteiger partial charge < -0.3 is 10.6 Å². The number of carbonyl (C=O) groups excluding carboxylic acids is 1. The minimum Gasteiger partial charge on any atom is -0.347 e. The summed E-state index contributed by atoms with van der Waals surface area (Å²) < 4.78 is 15.5. The van der Waals surface area contributed by atoms with E-state index >= 15 is 0 Å². The molecule has 1 unspecified atom stereocenters. The summed E-state index contributed by atoms with van der Waals surface area (Å²) in [6.45, 7) is 1.55. The predicted molar refractivity (Wildman–Crippen MR) is 114 cm³/mol. The fraction of sp³-hybridized carbons (Fsp3) is 0.429. The zero-order chi connectivity index (χ0) is 21.1. The van der Waals surface area contributed by atoms with Crippen LogP contribution in [0.4, 0.5) is 4.39 Å². The molecule has 0 spiro atoms. The molecule has 2 aromatic rings. The first-order chi connectivity index (χ1) is 14.6. The number of piperidine rings is 1. The predicted octanol–water partition coefficient (Wildman–Crippen LogP) is 3.15. The molecule has 1 fully saturated rings. The van der Waals surface area contributed by atoms with Gasteiger partial charge in [0, 0.05) is 31.1 Å². The van der Waals surface area contributed by atoms with E-state index in [0.717, 1.165) is 29.8 Å². The number of nitrogens with one attached hydrogen (secondary N) is 2. The number of nitroso groups, excluding NO2 is 1. The van der Waals surface area contributed by atoms with Gasteiger partial charge in [0.15, 0.2) is 0 Å². The van der Waals surface area contributed by atoms with Crippen LogP contribution >= 0.6 is 11.8 Å². The van der Waals surface area contributed by atoms with Gasteiger partial charge in [-0.2, -0.15) is 10.0 Å². The molecule has 1 saturated heterocycles. The van der Waals surface area contributed by atoms with Crippen LogP contribution in [0.2, 0.25) is 0 Å². The number of amides is 1. The Morgan fingerprint density at radius 2 is 2.33 bits per heavy atom. The van der Waals surface area contributed by atoms with E-state index in [1.807, 2.05) is 19.2 Å². The third-order valence-electron chi connectivity index (χ3n) is 5.69. The second-order valence-corrected chi connectivity index (χ2v) is 8.86. The summed E-state index contributed by atoms with van der Waals surface area (Å²) in [6.07, 6.45) is 5.12. The normalized spacial score (nSPS) is 23.8. The molecule has 2 aliphatic rings. The minimum atomic E-state index is -0.259. The Morgan fingerprint density at radius 1 is 1.47 bits per heavy atom. The van der Waals surface area contributed by atoms with Crippen molar-refractivity contribution in [2.45, 2.75) is 36.6 Å². The average Bonchev–Trinajstić information content (AvgIpc) is 3.35. The van der Waals surface area contributed by atoms with Crippen molar-refractivity contribution in [3.63, 3.8) is 0 Å². The van der Waals surface area contributed by atoms with Gasteiger partial charge in [-0.05, 0) is 37.1 Å². The molecule has 1 amide bonds. The van der Waals surface area contributed by atoms with Crippen molar-refractivity contribution >= 4 is 17.7 Å². The highest BCUT2D eigenvalue weighted by Crippen LogP contribution is 2.45. The number of benzene rings is 1. The number of hydrogen-bond acceptors (Lipinski definition) is 6. The molecule has 0 aliphatic carbocycles. The lowest BCUT2D eigenvalue weighted by molar-refractivity contribution is -0.117. The van der Waals surface area contributed by atoms with Crippen LogP contribution in [0.3, 0.4) is 0 Å². The van der Waals surface area contributed by atoms with Gasteiger partial charge in [0.05, 0.1) is 22.0 Å². The Bertz CT molecular complexity index is 976. The summed E-state index contributed by atoms with van der Waals surface area (Å²) in [7, 11) is 1.83. The molecule has 0 saturated carbocycles. The van der Waals surface area contributed by atoms with E-state index < -0.39 is 0 Å². The molecule has 2 aliphatic heterocycles. The van der Waals surface area contributed by atoms with Gasteiger partial charge in [-0.3, -0.25) is 9.48 Å². The first kappa shape index (κ1) is 20.7. The van der Waals surface area contributed by atoms with Crippen molar-refractivity contribution in [1.29, 1.82) is 0 Å². The molecule has 9 heteroatoms. The van der Waals surface area contributed by atoms with Gasteiger partial charge in [0.25, 0.3) is 5.91 Å². The lowest BCUT2D eigenvalue weighted by Gasteiger charge is -2.33. The highest BCUT2D eigenvalue weighted by Gasteiger charge is 2.32. The summed E-state index contributed by atoms with van der Waals surface area (Å²) in [5.74, 6) is -0.310. The van der Waals surface area contributed by atoms with E-state index in [9.17, 15) is 14.1 Å². The molecule has 4 rings (SSSR count). The first-order valence-corrected chi connectivity index (χ1v) is 10.9. The minimum absolute atomic E-state index is 0.0264. The maximum absolute atomic E-state index is 13.7. The molecule has 3 atom stereocenters. The molecular formula is C21H24FN5O2S. The summed E-state index contributed by atoms with van der Waals surface area (Å²) >= 11 is 1.48. The van der Waals surface area contributed by atoms with Gasteiger partial charge >= 0.3 is 0 Å². The summed E-state index contributed by atoms with van der Waals surface area (Å²) in [4.78, 5) is 24.3. The van der Waals surface area contributed by atoms with Gasteiger partial charge in [-0.25, -0.2) is 4.39 Å². The smallest absolute Gasteiger partial charge is 0.257 e. The van der Waals surface area contributed by atoms with Crippen molar-refractivity contribution in [1.82, 2.24) is 20.4 Å². The lowest BCUT2D eigenvalue weighted by Crippen LogP contribution is -2.50. The van der Waals surface area contributed by atoms with E-state index in [2.05, 4.69) is 20.9 Å². The largest absolute Gasteiger partial charge is 0.347 e. The fourth-order valence-corrected chi connectivity index (χ4v) is 5.54. The van der Waals surface area contributed by atoms with E-state index in [4.69, 9.17) is 0 Å². The lowest BCUT2D eigenvalue weighted by atomic mass is 9.86. The van der Waals surface area contributed by atoms with Crippen molar-refractivity contribution in [3.8, 4) is 0 Å². The maximum atomic E-state index is 13.7. The molecule has 158 valence electrons. The Balaban J connectivity index is 1.44. The Morgan fingerprint density at radius 3 is 3.13 bits per heavy atom. The van der Waals surface area contributed by atoms with E-state index in [-0.39, 0.29) is 35.5 Å². The van der Waals surface area contributed by atoms with Gasteiger partial charge in [-0.1, -0.05) is 23.4 Å². The van der Waals surface area contributed by atoms with Crippen LogP contribution in [0.15, 0.2) is 46.6 Å². The Labute approximate surface area is 178 Å². The number of halogens is 1. The first-order valence-electron chi connectivity index (χ1n) is 10.0. The number of carbonyl (C=O) groups is 1. The van der Waals surface area contributed by atoms with Crippen LogP contribution in [0.25, 0.3) is 0 Å². The highest BCUT2D eigenvalue weighted by molar-refractivity contribution is 8.04. The Hall–Kier alpha value is -2.52. The van der Waals surface area contributed by atoms with E-state index in [0.29, 0.717) is 17.9 Å². The number of nitrogens with zero attached hydrogens (tertiary/aromatic N) is 3. The van der Waals surface area contributed by atoms with Gasteiger partial charge in [0.1, 0.15) is 12.4 Å². The number of thioether (sulfide) groups is 1. The number of rotatable bonds is 6. The number of aromatic nitrogens is 2. The average molecular weight is 430 g/mol. The van der Waals surface area contributed by atoms with Crippen LogP contribution in [-0.2, 0) is 18.4 Å². The maximum Gasteiger partial charge on any atom is 0.257 e. The second kappa shape index (κ2) is 9.09. The topological polar surface area (TPSA) is 88.4 Å². The van der Waals surface area contributed by atoms with Crippen LogP contribution in [0.5, 0.6) is 0 Å². The monoisotopic (exact) mass is 429 g/mol. The molecule has 0 radical (unpaired) electrons. The summed E-state index contributed by atoms with van der Waals surface area (Å²) in [6, 6.07) is 6.51. The molecule has 1 aromatic heterocycles. The van der Waals surface area contributed by atoms with Gasteiger partial charge in [-0.15, -0.1) is 11.8 Å². The number of hydrogen-bond donors (Lipinski definition) is 2. The van der Waals surface area contributed by atoms with Crippen LogP contribution in [0.1, 0.15) is 40.8 Å².